The Bertz CT molecular complexity index is 29.0. The largest absolute Gasteiger partial charge is 0.304 e. The molecule has 0 aromatic heterocycles. The van der Waals surface area contributed by atoms with Gasteiger partial charge in [-0.3, -0.25) is 0 Å². The zero-order valence-corrected chi connectivity index (χ0v) is 4.00. The molecule has 0 aromatic carbocycles. The molecule has 4 heavy (non-hydrogen) atoms. The summed E-state index contributed by atoms with van der Waals surface area (Å²) in [6.07, 6.45) is 3.87. The highest BCUT2D eigenvalue weighted by Crippen LogP contribution is 1.51. The maximum absolute atomic E-state index is 6.69. The molecule has 2 heteroatoms. The van der Waals surface area contributed by atoms with Gasteiger partial charge in [0.1, 0.15) is 0 Å². The minimum atomic E-state index is -0.630. The van der Waals surface area contributed by atoms with Crippen LogP contribution < -0.4 is 0 Å². The Morgan fingerprint density at radius 3 is 1.50 bits per heavy atom. The predicted molar refractivity (Wildman–Crippen MR) is 24.7 cm³/mol. The minimum Gasteiger partial charge on any atom is -0.304 e. The van der Waals surface area contributed by atoms with Crippen molar-refractivity contribution < 1.29 is 0 Å². The quantitative estimate of drug-likeness (QED) is 0.425. The van der Waals surface area contributed by atoms with Gasteiger partial charge in [-0.05, 0) is 12.5 Å². The second-order valence-electron chi connectivity index (χ2n) is 1.00. The van der Waals surface area contributed by atoms with Crippen molar-refractivity contribution in [2.75, 3.05) is 12.5 Å². The molecule has 0 saturated carbocycles. The van der Waals surface area contributed by atoms with Gasteiger partial charge in [0.2, 0.25) is 0 Å². The Labute approximate surface area is 28.9 Å². The molecule has 1 N–H and O–H groups in total. The topological polar surface area (TPSA) is 23.9 Å². The van der Waals surface area contributed by atoms with E-state index in [1.54, 1.807) is 0 Å². The van der Waals surface area contributed by atoms with Gasteiger partial charge in [-0.2, -0.15) is 0 Å². The summed E-state index contributed by atoms with van der Waals surface area (Å²) in [4.78, 5) is 0. The lowest BCUT2D eigenvalue weighted by Gasteiger charge is -1.73. The van der Waals surface area contributed by atoms with Gasteiger partial charge in [-0.15, -0.1) is 0 Å². The molecule has 0 spiro atoms. The molecule has 1 nitrogen and oxygen atoms in total. The first kappa shape index (κ1) is 4.15. The Kier molecular flexibility index (Phi) is 1.52. The SMILES string of the molecule is C[SH2](C)=N. The van der Waals surface area contributed by atoms with Crippen molar-refractivity contribution in [2.45, 2.75) is 0 Å². The Morgan fingerprint density at radius 2 is 1.50 bits per heavy atom. The van der Waals surface area contributed by atoms with E-state index in [1.165, 1.54) is 0 Å². The Morgan fingerprint density at radius 1 is 1.50 bits per heavy atom. The average Bonchev–Trinajstić information content (AvgIpc) is 0.811. The van der Waals surface area contributed by atoms with E-state index < -0.39 is 10.7 Å². The summed E-state index contributed by atoms with van der Waals surface area (Å²) in [5.74, 6) is 0. The van der Waals surface area contributed by atoms with E-state index >= 15 is 0 Å². The van der Waals surface area contributed by atoms with Crippen LogP contribution in [-0.2, 0) is 10.7 Å². The summed E-state index contributed by atoms with van der Waals surface area (Å²) < 4.78 is 6.69. The minimum absolute atomic E-state index is 0.630. The van der Waals surface area contributed by atoms with E-state index in [-0.39, 0.29) is 0 Å². The highest BCUT2D eigenvalue weighted by Gasteiger charge is 1.44. The van der Waals surface area contributed by atoms with Gasteiger partial charge in [0.05, 0.1) is 0 Å². The summed E-state index contributed by atoms with van der Waals surface area (Å²) in [5.41, 5.74) is 0. The molecule has 0 unspecified atom stereocenters. The second-order valence-corrected chi connectivity index (χ2v) is 3.00. The van der Waals surface area contributed by atoms with Crippen LogP contribution in [0.3, 0.4) is 0 Å². The molecule has 0 bridgehead atoms. The Balaban J connectivity index is 2.80. The van der Waals surface area contributed by atoms with Crippen LogP contribution in [0.2, 0.25) is 0 Å². The molecule has 0 amide bonds. The molecule has 0 rings (SSSR count). The van der Waals surface area contributed by atoms with Gasteiger partial charge in [-0.25, -0.2) is 10.7 Å². The summed E-state index contributed by atoms with van der Waals surface area (Å²) in [6, 6.07) is 0. The summed E-state index contributed by atoms with van der Waals surface area (Å²) in [7, 11) is -0.630. The number of hydrogen-bond acceptors (Lipinski definition) is 1. The van der Waals surface area contributed by atoms with Crippen molar-refractivity contribution in [1.82, 2.24) is 0 Å². The smallest absolute Gasteiger partial charge is 0.0295 e. The molecular weight excluding hydrogens is 70.1 g/mol. The van der Waals surface area contributed by atoms with Crippen LogP contribution in [0.1, 0.15) is 0 Å². The average molecular weight is 79.2 g/mol. The van der Waals surface area contributed by atoms with E-state index in [4.69, 9.17) is 4.78 Å². The molecule has 0 saturated heterocycles. The van der Waals surface area contributed by atoms with Crippen LogP contribution in [0.15, 0.2) is 0 Å². The molecule has 0 aromatic rings. The monoisotopic (exact) mass is 79.0 g/mol. The normalized spacial score (nSPS) is 11.0. The molecule has 0 radical (unpaired) electrons. The Hall–Kier alpha value is 0.150. The van der Waals surface area contributed by atoms with Gasteiger partial charge >= 0.3 is 0 Å². The fourth-order valence-electron chi connectivity index (χ4n) is 0. The molecule has 0 heterocycles. The van der Waals surface area contributed by atoms with Gasteiger partial charge in [-0.1, -0.05) is 0 Å². The first-order valence-electron chi connectivity index (χ1n) is 1.25. The molecule has 28 valence electrons. The number of hydrogen-bond donors (Lipinski definition) is 1. The second kappa shape index (κ2) is 1.47. The van der Waals surface area contributed by atoms with Crippen LogP contribution in [0.5, 0.6) is 0 Å². The fourth-order valence-corrected chi connectivity index (χ4v) is 0. The summed E-state index contributed by atoms with van der Waals surface area (Å²) >= 11 is 0. The molecule has 0 aliphatic heterocycles. The molecule has 0 fully saturated rings. The lowest BCUT2D eigenvalue weighted by Crippen LogP contribution is -1.66. The van der Waals surface area contributed by atoms with Crippen LogP contribution >= 0.6 is 0 Å². The van der Waals surface area contributed by atoms with Crippen molar-refractivity contribution in [3.05, 3.63) is 0 Å². The third-order valence-corrected chi connectivity index (χ3v) is 0. The van der Waals surface area contributed by atoms with Crippen molar-refractivity contribution in [2.24, 2.45) is 0 Å². The van der Waals surface area contributed by atoms with Crippen molar-refractivity contribution in [3.8, 4) is 0 Å². The first-order chi connectivity index (χ1) is 1.73. The molecular formula is C2H9NS. The first-order valence-corrected chi connectivity index (χ1v) is 3.75. The van der Waals surface area contributed by atoms with E-state index in [0.717, 1.165) is 0 Å². The predicted octanol–water partition coefficient (Wildman–Crippen LogP) is 0.0913. The molecule has 0 aliphatic rings. The number of rotatable bonds is 0. The van der Waals surface area contributed by atoms with Crippen molar-refractivity contribution in [1.29, 1.82) is 4.78 Å². The van der Waals surface area contributed by atoms with Gasteiger partial charge in [0, 0.05) is 0 Å². The lowest BCUT2D eigenvalue weighted by atomic mass is 11.9. The number of nitrogens with one attached hydrogen (secondary N) is 1. The third kappa shape index (κ3) is 126. The van der Waals surface area contributed by atoms with Crippen molar-refractivity contribution in [3.63, 3.8) is 0 Å². The van der Waals surface area contributed by atoms with Crippen LogP contribution in [-0.4, -0.2) is 12.5 Å². The maximum Gasteiger partial charge on any atom is -0.0295 e. The summed E-state index contributed by atoms with van der Waals surface area (Å²) in [5, 5.41) is 0. The van der Waals surface area contributed by atoms with Gasteiger partial charge in [0.15, 0.2) is 0 Å². The van der Waals surface area contributed by atoms with Crippen LogP contribution in [0, 0.1) is 4.78 Å². The van der Waals surface area contributed by atoms with Gasteiger partial charge in [0.25, 0.3) is 0 Å². The molecule has 0 atom stereocenters. The highest BCUT2D eigenvalue weighted by atomic mass is 32.2. The van der Waals surface area contributed by atoms with E-state index in [1.807, 2.05) is 12.5 Å². The maximum atomic E-state index is 6.69. The van der Waals surface area contributed by atoms with Crippen LogP contribution in [0.25, 0.3) is 0 Å². The van der Waals surface area contributed by atoms with Crippen molar-refractivity contribution >= 4 is 10.7 Å². The van der Waals surface area contributed by atoms with E-state index in [9.17, 15) is 0 Å². The van der Waals surface area contributed by atoms with E-state index in [0.29, 0.717) is 0 Å². The fraction of sp³-hybridized carbons (Fsp3) is 1.00. The standard InChI is InChI=1S/C2H9NS/c1-4(2)3/h3H,4H2,1-2H3. The highest BCUT2D eigenvalue weighted by molar-refractivity contribution is 7.84. The third-order valence-electron chi connectivity index (χ3n) is 0. The van der Waals surface area contributed by atoms with Crippen LogP contribution in [0.4, 0.5) is 0 Å². The zero-order valence-electron chi connectivity index (χ0n) is 3.00. The van der Waals surface area contributed by atoms with Gasteiger partial charge < -0.3 is 4.78 Å². The lowest BCUT2D eigenvalue weighted by molar-refractivity contribution is 1.63. The molecule has 0 aliphatic carbocycles. The zero-order chi connectivity index (χ0) is 3.58. The summed E-state index contributed by atoms with van der Waals surface area (Å²) in [6.45, 7) is 0. The van der Waals surface area contributed by atoms with E-state index in [2.05, 4.69) is 0 Å².